The molecule has 28 heavy (non-hydrogen) atoms. The topological polar surface area (TPSA) is 58.6 Å². The lowest BCUT2D eigenvalue weighted by atomic mass is 9.96. The van der Waals surface area contributed by atoms with E-state index in [0.717, 1.165) is 11.4 Å². The first-order chi connectivity index (χ1) is 13.5. The van der Waals surface area contributed by atoms with Crippen molar-refractivity contribution in [3.05, 3.63) is 59.2 Å². The van der Waals surface area contributed by atoms with Crippen LogP contribution in [-0.2, 0) is 9.53 Å². The smallest absolute Gasteiger partial charge is 0.309 e. The molecular weight excluding hydrogens is 352 g/mol. The Kier molecular flexibility index (Phi) is 6.34. The van der Waals surface area contributed by atoms with Crippen LogP contribution in [0.4, 0.5) is 11.4 Å². The Balaban J connectivity index is 1.73. The molecule has 0 bridgehead atoms. The Morgan fingerprint density at radius 2 is 1.71 bits per heavy atom. The van der Waals surface area contributed by atoms with E-state index < -0.39 is 0 Å². The Morgan fingerprint density at radius 3 is 2.43 bits per heavy atom. The van der Waals surface area contributed by atoms with Gasteiger partial charge in [0.05, 0.1) is 23.8 Å². The van der Waals surface area contributed by atoms with E-state index in [1.165, 1.54) is 11.1 Å². The molecule has 2 aromatic carbocycles. The predicted molar refractivity (Wildman–Crippen MR) is 111 cm³/mol. The van der Waals surface area contributed by atoms with E-state index in [9.17, 15) is 9.59 Å². The molecule has 0 saturated carbocycles. The van der Waals surface area contributed by atoms with Gasteiger partial charge in [-0.05, 0) is 62.9 Å². The van der Waals surface area contributed by atoms with Crippen LogP contribution in [0.15, 0.2) is 42.5 Å². The quantitative estimate of drug-likeness (QED) is 0.778. The molecule has 5 heteroatoms. The lowest BCUT2D eigenvalue weighted by Crippen LogP contribution is -2.40. The standard InChI is InChI=1S/C23H28N2O3/c1-4-28-23(27)18-12-14-25(15-13-18)22(26)19-9-5-6-10-21(19)24-20-11-7-8-16(2)17(20)3/h5-11,18,24H,4,12-15H2,1-3H3. The molecule has 0 aliphatic carbocycles. The minimum Gasteiger partial charge on any atom is -0.466 e. The number of rotatable bonds is 5. The van der Waals surface area contributed by atoms with E-state index in [1.807, 2.05) is 48.2 Å². The summed E-state index contributed by atoms with van der Waals surface area (Å²) in [5.74, 6) is -0.255. The van der Waals surface area contributed by atoms with Crippen LogP contribution in [0.25, 0.3) is 0 Å². The van der Waals surface area contributed by atoms with Crippen molar-refractivity contribution in [2.75, 3.05) is 25.0 Å². The van der Waals surface area contributed by atoms with E-state index in [4.69, 9.17) is 4.74 Å². The molecule has 0 spiro atoms. The van der Waals surface area contributed by atoms with Crippen LogP contribution in [0.2, 0.25) is 0 Å². The summed E-state index contributed by atoms with van der Waals surface area (Å²) in [6.07, 6.45) is 1.30. The van der Waals surface area contributed by atoms with Gasteiger partial charge in [-0.3, -0.25) is 9.59 Å². The van der Waals surface area contributed by atoms with Gasteiger partial charge in [-0.2, -0.15) is 0 Å². The zero-order valence-electron chi connectivity index (χ0n) is 16.8. The van der Waals surface area contributed by atoms with Crippen LogP contribution in [-0.4, -0.2) is 36.5 Å². The van der Waals surface area contributed by atoms with Crippen molar-refractivity contribution < 1.29 is 14.3 Å². The van der Waals surface area contributed by atoms with Crippen molar-refractivity contribution in [1.29, 1.82) is 0 Å². The highest BCUT2D eigenvalue weighted by Gasteiger charge is 2.29. The number of esters is 1. The fraction of sp³-hybridized carbons (Fsp3) is 0.391. The van der Waals surface area contributed by atoms with Gasteiger partial charge in [0, 0.05) is 18.8 Å². The van der Waals surface area contributed by atoms with Crippen molar-refractivity contribution in [3.8, 4) is 0 Å². The molecule has 3 rings (SSSR count). The van der Waals surface area contributed by atoms with Crippen LogP contribution < -0.4 is 5.32 Å². The third kappa shape index (κ3) is 4.35. The number of para-hydroxylation sites is 1. The number of likely N-dealkylation sites (tertiary alicyclic amines) is 1. The zero-order chi connectivity index (χ0) is 20.1. The lowest BCUT2D eigenvalue weighted by Gasteiger charge is -2.31. The molecule has 1 amide bonds. The molecule has 2 aromatic rings. The van der Waals surface area contributed by atoms with Gasteiger partial charge >= 0.3 is 5.97 Å². The zero-order valence-corrected chi connectivity index (χ0v) is 16.8. The van der Waals surface area contributed by atoms with E-state index in [-0.39, 0.29) is 17.8 Å². The predicted octanol–water partition coefficient (Wildman–Crippen LogP) is 4.46. The number of amides is 1. The van der Waals surface area contributed by atoms with Gasteiger partial charge in [-0.25, -0.2) is 0 Å². The Morgan fingerprint density at radius 1 is 1.04 bits per heavy atom. The van der Waals surface area contributed by atoms with Gasteiger partial charge in [0.25, 0.3) is 5.91 Å². The minimum atomic E-state index is -0.147. The maximum atomic E-state index is 13.1. The van der Waals surface area contributed by atoms with E-state index in [1.54, 1.807) is 0 Å². The van der Waals surface area contributed by atoms with Gasteiger partial charge in [0.1, 0.15) is 0 Å². The number of nitrogens with one attached hydrogen (secondary N) is 1. The molecule has 1 heterocycles. The van der Waals surface area contributed by atoms with Crippen molar-refractivity contribution >= 4 is 23.3 Å². The number of ether oxygens (including phenoxy) is 1. The third-order valence-electron chi connectivity index (χ3n) is 5.43. The molecule has 1 N–H and O–H groups in total. The number of carbonyl (C=O) groups excluding carboxylic acids is 2. The van der Waals surface area contributed by atoms with Crippen LogP contribution in [0.5, 0.6) is 0 Å². The average molecular weight is 380 g/mol. The maximum absolute atomic E-state index is 13.1. The Bertz CT molecular complexity index is 855. The molecule has 1 aliphatic rings. The molecule has 0 atom stereocenters. The average Bonchev–Trinajstić information content (AvgIpc) is 2.71. The lowest BCUT2D eigenvalue weighted by molar-refractivity contribution is -0.149. The molecule has 5 nitrogen and oxygen atoms in total. The second kappa shape index (κ2) is 8.91. The summed E-state index contributed by atoms with van der Waals surface area (Å²) in [5.41, 5.74) is 4.82. The van der Waals surface area contributed by atoms with E-state index in [0.29, 0.717) is 38.1 Å². The van der Waals surface area contributed by atoms with Crippen molar-refractivity contribution in [2.45, 2.75) is 33.6 Å². The number of carbonyl (C=O) groups is 2. The Hall–Kier alpha value is -2.82. The van der Waals surface area contributed by atoms with Crippen LogP contribution >= 0.6 is 0 Å². The van der Waals surface area contributed by atoms with Crippen LogP contribution in [0, 0.1) is 19.8 Å². The molecule has 1 aliphatic heterocycles. The second-order valence-electron chi connectivity index (χ2n) is 7.24. The van der Waals surface area contributed by atoms with Gasteiger partial charge in [-0.1, -0.05) is 24.3 Å². The SMILES string of the molecule is CCOC(=O)C1CCN(C(=O)c2ccccc2Nc2cccc(C)c2C)CC1. The summed E-state index contributed by atoms with van der Waals surface area (Å²) >= 11 is 0. The van der Waals surface area contributed by atoms with E-state index in [2.05, 4.69) is 25.2 Å². The highest BCUT2D eigenvalue weighted by atomic mass is 16.5. The van der Waals surface area contributed by atoms with Crippen molar-refractivity contribution in [1.82, 2.24) is 4.90 Å². The number of hydrogen-bond donors (Lipinski definition) is 1. The molecule has 1 fully saturated rings. The van der Waals surface area contributed by atoms with E-state index >= 15 is 0 Å². The fourth-order valence-corrected chi connectivity index (χ4v) is 3.56. The van der Waals surface area contributed by atoms with Gasteiger partial charge in [0.15, 0.2) is 0 Å². The summed E-state index contributed by atoms with van der Waals surface area (Å²) in [6.45, 7) is 7.50. The minimum absolute atomic E-state index is 0.00397. The number of hydrogen-bond acceptors (Lipinski definition) is 4. The van der Waals surface area contributed by atoms with Gasteiger partial charge in [-0.15, -0.1) is 0 Å². The first kappa shape index (κ1) is 19.9. The third-order valence-corrected chi connectivity index (χ3v) is 5.43. The molecule has 148 valence electrons. The number of nitrogens with zero attached hydrogens (tertiary/aromatic N) is 1. The first-order valence-corrected chi connectivity index (χ1v) is 9.89. The number of aryl methyl sites for hydroxylation is 1. The highest BCUT2D eigenvalue weighted by molar-refractivity contribution is 6.00. The van der Waals surface area contributed by atoms with Crippen molar-refractivity contribution in [2.24, 2.45) is 5.92 Å². The summed E-state index contributed by atoms with van der Waals surface area (Å²) in [4.78, 5) is 26.9. The summed E-state index contributed by atoms with van der Waals surface area (Å²) in [7, 11) is 0. The number of piperidine rings is 1. The Labute approximate surface area is 166 Å². The molecule has 0 radical (unpaired) electrons. The second-order valence-corrected chi connectivity index (χ2v) is 7.24. The molecule has 1 saturated heterocycles. The normalized spacial score (nSPS) is 14.6. The van der Waals surface area contributed by atoms with Crippen molar-refractivity contribution in [3.63, 3.8) is 0 Å². The van der Waals surface area contributed by atoms with Gasteiger partial charge < -0.3 is 15.0 Å². The number of anilines is 2. The number of benzene rings is 2. The molecular formula is C23H28N2O3. The largest absolute Gasteiger partial charge is 0.466 e. The summed E-state index contributed by atoms with van der Waals surface area (Å²) in [6, 6.07) is 13.7. The summed E-state index contributed by atoms with van der Waals surface area (Å²) in [5, 5.41) is 3.42. The first-order valence-electron chi connectivity index (χ1n) is 9.89. The fourth-order valence-electron chi connectivity index (χ4n) is 3.56. The molecule has 0 aromatic heterocycles. The molecule has 0 unspecified atom stereocenters. The maximum Gasteiger partial charge on any atom is 0.309 e. The highest BCUT2D eigenvalue weighted by Crippen LogP contribution is 2.27. The monoisotopic (exact) mass is 380 g/mol. The van der Waals surface area contributed by atoms with Crippen LogP contribution in [0.3, 0.4) is 0 Å². The van der Waals surface area contributed by atoms with Crippen LogP contribution in [0.1, 0.15) is 41.3 Å². The summed E-state index contributed by atoms with van der Waals surface area (Å²) < 4.78 is 5.12. The van der Waals surface area contributed by atoms with Gasteiger partial charge in [0.2, 0.25) is 0 Å².